The zero-order valence-electron chi connectivity index (χ0n) is 8.95. The Labute approximate surface area is 102 Å². The van der Waals surface area contributed by atoms with Crippen LogP contribution in [0.4, 0.5) is 0 Å². The van der Waals surface area contributed by atoms with Crippen molar-refractivity contribution in [1.29, 1.82) is 0 Å². The first-order valence-electron chi connectivity index (χ1n) is 4.77. The summed E-state index contributed by atoms with van der Waals surface area (Å²) in [7, 11) is 1.37. The van der Waals surface area contributed by atoms with Gasteiger partial charge in [0.15, 0.2) is 0 Å². The number of nitrogens with zero attached hydrogens (tertiary/aromatic N) is 1. The molecule has 0 atom stereocenters. The molecule has 1 aromatic heterocycles. The molecule has 2 aromatic rings. The Morgan fingerprint density at radius 3 is 2.81 bits per heavy atom. The second-order valence-corrected chi connectivity index (χ2v) is 4.37. The standard InChI is InChI=1S/C12H10BrNO2/c1-7-10(12(15)16-2)5-8-3-4-9(13)6-11(8)14-7/h3-6H,1-2H3. The summed E-state index contributed by atoms with van der Waals surface area (Å²) in [4.78, 5) is 15.8. The van der Waals surface area contributed by atoms with E-state index in [9.17, 15) is 4.79 Å². The highest BCUT2D eigenvalue weighted by Crippen LogP contribution is 2.21. The Hall–Kier alpha value is -1.42. The zero-order valence-corrected chi connectivity index (χ0v) is 10.5. The summed E-state index contributed by atoms with van der Waals surface area (Å²) in [5, 5.41) is 0.925. The number of benzene rings is 1. The number of carbonyl (C=O) groups is 1. The Morgan fingerprint density at radius 2 is 2.12 bits per heavy atom. The number of rotatable bonds is 1. The van der Waals surface area contributed by atoms with Crippen LogP contribution in [0, 0.1) is 6.92 Å². The highest BCUT2D eigenvalue weighted by molar-refractivity contribution is 9.10. The SMILES string of the molecule is COC(=O)c1cc2ccc(Br)cc2nc1C. The summed E-state index contributed by atoms with van der Waals surface area (Å²) >= 11 is 3.39. The summed E-state index contributed by atoms with van der Waals surface area (Å²) < 4.78 is 5.67. The Balaban J connectivity index is 2.67. The number of halogens is 1. The molecule has 0 aliphatic rings. The van der Waals surface area contributed by atoms with E-state index in [2.05, 4.69) is 20.9 Å². The van der Waals surface area contributed by atoms with E-state index in [0.717, 1.165) is 15.4 Å². The van der Waals surface area contributed by atoms with Gasteiger partial charge in [0.25, 0.3) is 0 Å². The highest BCUT2D eigenvalue weighted by atomic mass is 79.9. The topological polar surface area (TPSA) is 39.2 Å². The largest absolute Gasteiger partial charge is 0.465 e. The van der Waals surface area contributed by atoms with Crippen LogP contribution in [0.5, 0.6) is 0 Å². The lowest BCUT2D eigenvalue weighted by Gasteiger charge is -2.05. The summed E-state index contributed by atoms with van der Waals surface area (Å²) in [6.45, 7) is 1.80. The molecule has 82 valence electrons. The van der Waals surface area contributed by atoms with Crippen molar-refractivity contribution in [1.82, 2.24) is 4.98 Å². The highest BCUT2D eigenvalue weighted by Gasteiger charge is 2.11. The van der Waals surface area contributed by atoms with E-state index in [1.165, 1.54) is 7.11 Å². The first kappa shape index (κ1) is 11.1. The molecule has 0 fully saturated rings. The van der Waals surface area contributed by atoms with Crippen molar-refractivity contribution in [3.05, 3.63) is 40.0 Å². The van der Waals surface area contributed by atoms with Crippen molar-refractivity contribution in [3.8, 4) is 0 Å². The number of methoxy groups -OCH3 is 1. The number of hydrogen-bond donors (Lipinski definition) is 0. The van der Waals surface area contributed by atoms with E-state index in [-0.39, 0.29) is 5.97 Å². The lowest BCUT2D eigenvalue weighted by molar-refractivity contribution is 0.0599. The Bertz CT molecular complexity index is 566. The molecule has 1 aromatic carbocycles. The van der Waals surface area contributed by atoms with Gasteiger partial charge in [-0.2, -0.15) is 0 Å². The molecule has 0 amide bonds. The molecule has 1 heterocycles. The number of esters is 1. The molecule has 0 aliphatic heterocycles. The summed E-state index contributed by atoms with van der Waals surface area (Å²) in [6.07, 6.45) is 0. The lowest BCUT2D eigenvalue weighted by atomic mass is 10.1. The fourth-order valence-corrected chi connectivity index (χ4v) is 1.90. The number of carbonyl (C=O) groups excluding carboxylic acids is 1. The zero-order chi connectivity index (χ0) is 11.7. The van der Waals surface area contributed by atoms with Gasteiger partial charge in [0.2, 0.25) is 0 Å². The molecule has 0 N–H and O–H groups in total. The fraction of sp³-hybridized carbons (Fsp3) is 0.167. The van der Waals surface area contributed by atoms with Crippen LogP contribution in [0.1, 0.15) is 16.1 Å². The van der Waals surface area contributed by atoms with Crippen LogP contribution < -0.4 is 0 Å². The minimum absolute atomic E-state index is 0.352. The third kappa shape index (κ3) is 1.93. The van der Waals surface area contributed by atoms with E-state index in [0.29, 0.717) is 11.3 Å². The van der Waals surface area contributed by atoms with Crippen LogP contribution in [0.2, 0.25) is 0 Å². The van der Waals surface area contributed by atoms with Gasteiger partial charge in [0, 0.05) is 9.86 Å². The van der Waals surface area contributed by atoms with Crippen molar-refractivity contribution < 1.29 is 9.53 Å². The van der Waals surface area contributed by atoms with Crippen molar-refractivity contribution in [2.45, 2.75) is 6.92 Å². The van der Waals surface area contributed by atoms with Gasteiger partial charge in [0.1, 0.15) is 0 Å². The van der Waals surface area contributed by atoms with Crippen LogP contribution in [0.15, 0.2) is 28.7 Å². The molecular weight excluding hydrogens is 270 g/mol. The summed E-state index contributed by atoms with van der Waals surface area (Å²) in [6, 6.07) is 7.55. The number of hydrogen-bond acceptors (Lipinski definition) is 3. The van der Waals surface area contributed by atoms with E-state index < -0.39 is 0 Å². The second-order valence-electron chi connectivity index (χ2n) is 3.45. The van der Waals surface area contributed by atoms with Crippen molar-refractivity contribution in [3.63, 3.8) is 0 Å². The van der Waals surface area contributed by atoms with Crippen LogP contribution in [0.3, 0.4) is 0 Å². The molecule has 0 saturated heterocycles. The molecule has 2 rings (SSSR count). The molecule has 0 unspecified atom stereocenters. The first-order chi connectivity index (χ1) is 7.61. The Morgan fingerprint density at radius 1 is 1.38 bits per heavy atom. The maximum absolute atomic E-state index is 11.5. The van der Waals surface area contributed by atoms with Crippen molar-refractivity contribution >= 4 is 32.8 Å². The van der Waals surface area contributed by atoms with E-state index >= 15 is 0 Å². The fourth-order valence-electron chi connectivity index (χ4n) is 1.55. The van der Waals surface area contributed by atoms with Crippen molar-refractivity contribution in [2.75, 3.05) is 7.11 Å². The van der Waals surface area contributed by atoms with Crippen molar-refractivity contribution in [2.24, 2.45) is 0 Å². The molecule has 4 heteroatoms. The van der Waals surface area contributed by atoms with E-state index in [1.807, 2.05) is 18.2 Å². The van der Waals surface area contributed by atoms with Gasteiger partial charge in [-0.25, -0.2) is 4.79 Å². The van der Waals surface area contributed by atoms with Gasteiger partial charge in [0.05, 0.1) is 23.9 Å². The third-order valence-corrected chi connectivity index (χ3v) is 2.87. The smallest absolute Gasteiger partial charge is 0.339 e. The molecule has 0 saturated carbocycles. The lowest BCUT2D eigenvalue weighted by Crippen LogP contribution is -2.05. The van der Waals surface area contributed by atoms with Gasteiger partial charge >= 0.3 is 5.97 Å². The third-order valence-electron chi connectivity index (χ3n) is 2.38. The molecule has 0 spiro atoms. The number of aromatic nitrogens is 1. The maximum atomic E-state index is 11.5. The molecular formula is C12H10BrNO2. The molecule has 16 heavy (non-hydrogen) atoms. The minimum atomic E-state index is -0.352. The van der Waals surface area contributed by atoms with Gasteiger partial charge in [-0.15, -0.1) is 0 Å². The number of ether oxygens (including phenoxy) is 1. The molecule has 0 bridgehead atoms. The maximum Gasteiger partial charge on any atom is 0.339 e. The van der Waals surface area contributed by atoms with Gasteiger partial charge in [-0.1, -0.05) is 22.0 Å². The molecule has 0 aliphatic carbocycles. The average Bonchev–Trinajstić information content (AvgIpc) is 2.27. The summed E-state index contributed by atoms with van der Waals surface area (Å²) in [5.41, 5.74) is 2.05. The normalized spacial score (nSPS) is 10.4. The number of aryl methyl sites for hydroxylation is 1. The monoisotopic (exact) mass is 279 g/mol. The Kier molecular flexibility index (Phi) is 2.92. The van der Waals surface area contributed by atoms with Crippen LogP contribution in [-0.4, -0.2) is 18.1 Å². The predicted molar refractivity (Wildman–Crippen MR) is 65.5 cm³/mol. The van der Waals surface area contributed by atoms with Gasteiger partial charge in [-0.05, 0) is 25.1 Å². The molecule has 3 nitrogen and oxygen atoms in total. The molecule has 0 radical (unpaired) electrons. The van der Waals surface area contributed by atoms with Crippen LogP contribution in [-0.2, 0) is 4.74 Å². The predicted octanol–water partition coefficient (Wildman–Crippen LogP) is 3.09. The second kappa shape index (κ2) is 4.22. The quantitative estimate of drug-likeness (QED) is 0.753. The van der Waals surface area contributed by atoms with Crippen LogP contribution >= 0.6 is 15.9 Å². The van der Waals surface area contributed by atoms with Crippen LogP contribution in [0.25, 0.3) is 10.9 Å². The van der Waals surface area contributed by atoms with Gasteiger partial charge < -0.3 is 4.74 Å². The van der Waals surface area contributed by atoms with Gasteiger partial charge in [-0.3, -0.25) is 4.98 Å². The number of fused-ring (bicyclic) bond motifs is 1. The number of pyridine rings is 1. The first-order valence-corrected chi connectivity index (χ1v) is 5.56. The van der Waals surface area contributed by atoms with E-state index in [4.69, 9.17) is 4.74 Å². The summed E-state index contributed by atoms with van der Waals surface area (Å²) in [5.74, 6) is -0.352. The average molecular weight is 280 g/mol. The minimum Gasteiger partial charge on any atom is -0.465 e. The van der Waals surface area contributed by atoms with E-state index in [1.54, 1.807) is 13.0 Å².